The lowest BCUT2D eigenvalue weighted by atomic mass is 10.2. The molecule has 0 radical (unpaired) electrons. The van der Waals surface area contributed by atoms with Crippen molar-refractivity contribution in [3.8, 4) is 0 Å². The highest BCUT2D eigenvalue weighted by molar-refractivity contribution is 5.89. The fraction of sp³-hybridized carbons (Fsp3) is 0.417. The highest BCUT2D eigenvalue weighted by Gasteiger charge is 2.10. The molecule has 0 fully saturated rings. The number of pyridine rings is 1. The molecule has 0 amide bonds. The fourth-order valence-corrected chi connectivity index (χ4v) is 1.28. The molecular weight excluding hydrogens is 222 g/mol. The van der Waals surface area contributed by atoms with Crippen LogP contribution in [0, 0.1) is 0 Å². The van der Waals surface area contributed by atoms with Gasteiger partial charge in [0.2, 0.25) is 0 Å². The first kappa shape index (κ1) is 13.2. The smallest absolute Gasteiger partial charge is 0.338 e. The van der Waals surface area contributed by atoms with Crippen molar-refractivity contribution in [1.29, 1.82) is 0 Å². The molecule has 0 aliphatic carbocycles. The summed E-state index contributed by atoms with van der Waals surface area (Å²) in [7, 11) is 0. The van der Waals surface area contributed by atoms with E-state index >= 15 is 0 Å². The molecule has 5 nitrogen and oxygen atoms in total. The average molecular weight is 237 g/mol. The quantitative estimate of drug-likeness (QED) is 0.723. The lowest BCUT2D eigenvalue weighted by Gasteiger charge is -2.04. The van der Waals surface area contributed by atoms with Gasteiger partial charge in [0.15, 0.2) is 0 Å². The second kappa shape index (κ2) is 6.62. The van der Waals surface area contributed by atoms with Gasteiger partial charge in [-0.2, -0.15) is 0 Å². The van der Waals surface area contributed by atoms with Gasteiger partial charge in [-0.15, -0.1) is 0 Å². The number of nitrogens with zero attached hydrogens (tertiary/aromatic N) is 1. The van der Waals surface area contributed by atoms with Crippen molar-refractivity contribution >= 4 is 11.9 Å². The molecule has 0 saturated heterocycles. The maximum atomic E-state index is 11.4. The van der Waals surface area contributed by atoms with Crippen LogP contribution in [0.5, 0.6) is 0 Å². The largest absolute Gasteiger partial charge is 0.466 e. The van der Waals surface area contributed by atoms with Crippen molar-refractivity contribution < 1.29 is 19.1 Å². The molecule has 0 bridgehead atoms. The van der Waals surface area contributed by atoms with Gasteiger partial charge in [-0.1, -0.05) is 0 Å². The molecule has 0 saturated carbocycles. The summed E-state index contributed by atoms with van der Waals surface area (Å²) in [5.74, 6) is -0.777. The van der Waals surface area contributed by atoms with Crippen LogP contribution in [-0.4, -0.2) is 30.1 Å². The van der Waals surface area contributed by atoms with E-state index in [1.807, 2.05) is 0 Å². The van der Waals surface area contributed by atoms with Crippen LogP contribution in [0.1, 0.15) is 29.9 Å². The molecule has 0 aromatic carbocycles. The number of carbonyl (C=O) groups is 2. The van der Waals surface area contributed by atoms with Crippen molar-refractivity contribution in [1.82, 2.24) is 4.98 Å². The van der Waals surface area contributed by atoms with E-state index in [9.17, 15) is 9.59 Å². The third-order valence-electron chi connectivity index (χ3n) is 1.96. The monoisotopic (exact) mass is 237 g/mol. The fourth-order valence-electron chi connectivity index (χ4n) is 1.28. The molecule has 0 atom stereocenters. The molecule has 1 rings (SSSR count). The normalized spacial score (nSPS) is 9.76. The van der Waals surface area contributed by atoms with Crippen molar-refractivity contribution in [2.24, 2.45) is 0 Å². The summed E-state index contributed by atoms with van der Waals surface area (Å²) in [6.07, 6.45) is 1.53. The lowest BCUT2D eigenvalue weighted by molar-refractivity contribution is -0.142. The second-order valence-corrected chi connectivity index (χ2v) is 3.24. The summed E-state index contributed by atoms with van der Waals surface area (Å²) in [5, 5.41) is 0. The van der Waals surface area contributed by atoms with Crippen LogP contribution in [0.3, 0.4) is 0 Å². The van der Waals surface area contributed by atoms with Crippen LogP contribution in [0.2, 0.25) is 0 Å². The van der Waals surface area contributed by atoms with E-state index in [1.54, 1.807) is 19.9 Å². The predicted octanol–water partition coefficient (Wildman–Crippen LogP) is 1.36. The Balaban J connectivity index is 2.72. The minimum Gasteiger partial charge on any atom is -0.466 e. The number of ether oxygens (including phenoxy) is 2. The number of esters is 2. The predicted molar refractivity (Wildman–Crippen MR) is 60.5 cm³/mol. The zero-order valence-electron chi connectivity index (χ0n) is 9.93. The van der Waals surface area contributed by atoms with Crippen molar-refractivity contribution in [2.75, 3.05) is 13.2 Å². The third-order valence-corrected chi connectivity index (χ3v) is 1.96. The Kier molecular flexibility index (Phi) is 5.13. The van der Waals surface area contributed by atoms with Crippen LogP contribution in [0.25, 0.3) is 0 Å². The number of rotatable bonds is 5. The highest BCUT2D eigenvalue weighted by atomic mass is 16.5. The third kappa shape index (κ3) is 4.22. The number of hydrogen-bond donors (Lipinski definition) is 0. The van der Waals surface area contributed by atoms with Gasteiger partial charge < -0.3 is 9.47 Å². The Morgan fingerprint density at radius 1 is 1.24 bits per heavy atom. The van der Waals surface area contributed by atoms with Gasteiger partial charge in [-0.3, -0.25) is 9.78 Å². The molecule has 17 heavy (non-hydrogen) atoms. The number of aromatic nitrogens is 1. The van der Waals surface area contributed by atoms with Crippen molar-refractivity contribution in [2.45, 2.75) is 20.3 Å². The molecule has 0 N–H and O–H groups in total. The Morgan fingerprint density at radius 3 is 2.59 bits per heavy atom. The van der Waals surface area contributed by atoms with E-state index in [2.05, 4.69) is 4.98 Å². The molecule has 0 aliphatic heterocycles. The minimum atomic E-state index is -0.417. The van der Waals surface area contributed by atoms with Crippen LogP contribution in [0.15, 0.2) is 18.3 Å². The van der Waals surface area contributed by atoms with Crippen LogP contribution >= 0.6 is 0 Å². The molecule has 92 valence electrons. The zero-order chi connectivity index (χ0) is 12.7. The van der Waals surface area contributed by atoms with E-state index in [1.165, 1.54) is 12.3 Å². The Hall–Kier alpha value is -1.91. The molecule has 1 aromatic rings. The molecule has 1 heterocycles. The standard InChI is InChI=1S/C12H15NO4/c1-3-16-11(14)8-10-7-9(5-6-13-10)12(15)17-4-2/h5-7H,3-4,8H2,1-2H3. The lowest BCUT2D eigenvalue weighted by Crippen LogP contribution is -2.10. The maximum absolute atomic E-state index is 11.4. The zero-order valence-corrected chi connectivity index (χ0v) is 9.93. The second-order valence-electron chi connectivity index (χ2n) is 3.24. The van der Waals surface area contributed by atoms with Crippen LogP contribution in [0.4, 0.5) is 0 Å². The van der Waals surface area contributed by atoms with Gasteiger partial charge in [0, 0.05) is 6.20 Å². The van der Waals surface area contributed by atoms with Gasteiger partial charge >= 0.3 is 11.9 Å². The van der Waals surface area contributed by atoms with E-state index in [-0.39, 0.29) is 12.4 Å². The Labute approximate surface area is 99.8 Å². The summed E-state index contributed by atoms with van der Waals surface area (Å²) in [4.78, 5) is 26.7. The van der Waals surface area contributed by atoms with E-state index in [0.717, 1.165) is 0 Å². The molecule has 0 spiro atoms. The van der Waals surface area contributed by atoms with E-state index < -0.39 is 5.97 Å². The van der Waals surface area contributed by atoms with Crippen LogP contribution < -0.4 is 0 Å². The first-order valence-electron chi connectivity index (χ1n) is 5.45. The average Bonchev–Trinajstić information content (AvgIpc) is 2.30. The summed E-state index contributed by atoms with van der Waals surface area (Å²) < 4.78 is 9.65. The number of carbonyl (C=O) groups excluding carboxylic acids is 2. The Morgan fingerprint density at radius 2 is 1.94 bits per heavy atom. The molecule has 0 aliphatic rings. The van der Waals surface area contributed by atoms with Crippen molar-refractivity contribution in [3.05, 3.63) is 29.6 Å². The summed E-state index contributed by atoms with van der Waals surface area (Å²) in [5.41, 5.74) is 0.884. The summed E-state index contributed by atoms with van der Waals surface area (Å²) in [6, 6.07) is 3.08. The van der Waals surface area contributed by atoms with Crippen LogP contribution in [-0.2, 0) is 20.7 Å². The first-order chi connectivity index (χ1) is 8.17. The molecular formula is C12H15NO4. The SMILES string of the molecule is CCOC(=O)Cc1cc(C(=O)OCC)ccn1. The minimum absolute atomic E-state index is 0.0566. The summed E-state index contributed by atoms with van der Waals surface area (Å²) in [6.45, 7) is 4.11. The first-order valence-corrected chi connectivity index (χ1v) is 5.45. The van der Waals surface area contributed by atoms with E-state index in [4.69, 9.17) is 9.47 Å². The highest BCUT2D eigenvalue weighted by Crippen LogP contribution is 2.05. The number of hydrogen-bond acceptors (Lipinski definition) is 5. The van der Waals surface area contributed by atoms with Gasteiger partial charge in [0.1, 0.15) is 0 Å². The van der Waals surface area contributed by atoms with Gasteiger partial charge in [0.05, 0.1) is 30.9 Å². The molecule has 5 heteroatoms. The Bertz CT molecular complexity index is 403. The van der Waals surface area contributed by atoms with Gasteiger partial charge in [0.25, 0.3) is 0 Å². The summed E-state index contributed by atoms with van der Waals surface area (Å²) >= 11 is 0. The maximum Gasteiger partial charge on any atom is 0.338 e. The topological polar surface area (TPSA) is 65.5 Å². The van der Waals surface area contributed by atoms with E-state index in [0.29, 0.717) is 24.5 Å². The molecule has 0 unspecified atom stereocenters. The molecule has 1 aromatic heterocycles. The van der Waals surface area contributed by atoms with Gasteiger partial charge in [-0.25, -0.2) is 4.79 Å². The van der Waals surface area contributed by atoms with Crippen molar-refractivity contribution in [3.63, 3.8) is 0 Å². The van der Waals surface area contributed by atoms with Gasteiger partial charge in [-0.05, 0) is 26.0 Å².